The first kappa shape index (κ1) is 21.5. The number of hydrogen-bond acceptors (Lipinski definition) is 7. The number of pyridine rings is 1. The normalized spacial score (nSPS) is 17.9. The van der Waals surface area contributed by atoms with Gasteiger partial charge in [-0.05, 0) is 44.4 Å². The van der Waals surface area contributed by atoms with Crippen molar-refractivity contribution in [2.75, 3.05) is 24.6 Å². The van der Waals surface area contributed by atoms with Crippen LogP contribution < -0.4 is 4.90 Å². The Labute approximate surface area is 194 Å². The Balaban J connectivity index is 1.56. The van der Waals surface area contributed by atoms with E-state index < -0.39 is 0 Å². The highest BCUT2D eigenvalue weighted by Crippen LogP contribution is 2.34. The molecule has 3 aromatic rings. The van der Waals surface area contributed by atoms with Crippen molar-refractivity contribution in [3.63, 3.8) is 0 Å². The maximum atomic E-state index is 5.57. The van der Waals surface area contributed by atoms with Crippen LogP contribution in [0.5, 0.6) is 0 Å². The van der Waals surface area contributed by atoms with Crippen LogP contribution in [0.3, 0.4) is 0 Å². The molecule has 5 rings (SSSR count). The van der Waals surface area contributed by atoms with Crippen molar-refractivity contribution < 1.29 is 4.74 Å². The van der Waals surface area contributed by atoms with Gasteiger partial charge in [-0.2, -0.15) is 0 Å². The molecule has 2 aromatic heterocycles. The van der Waals surface area contributed by atoms with E-state index in [4.69, 9.17) is 19.8 Å². The van der Waals surface area contributed by atoms with Crippen molar-refractivity contribution >= 4 is 22.9 Å². The maximum Gasteiger partial charge on any atom is 0.204 e. The first-order chi connectivity index (χ1) is 16.1. The molecule has 8 nitrogen and oxygen atoms in total. The summed E-state index contributed by atoms with van der Waals surface area (Å²) in [6.45, 7) is 11.0. The van der Waals surface area contributed by atoms with Gasteiger partial charge in [0.15, 0.2) is 5.82 Å². The van der Waals surface area contributed by atoms with E-state index >= 15 is 0 Å². The molecule has 1 fully saturated rings. The standard InChI is InChI=1S/C25H29N7O/c1-5-13-31(14-6-2)22-12-11-20(16(3)26-22)28-24-23(30-32-25(24)27-17(4)29-32)19-10-8-7-9-18(19)21-15-33-21/h7-12,21H,5-6,13-15H2,1-4H3/b28-24-. The first-order valence-electron chi connectivity index (χ1n) is 11.6. The summed E-state index contributed by atoms with van der Waals surface area (Å²) in [4.78, 5) is 18.4. The molecule has 1 atom stereocenters. The summed E-state index contributed by atoms with van der Waals surface area (Å²) >= 11 is 0. The highest BCUT2D eigenvalue weighted by molar-refractivity contribution is 6.54. The molecule has 1 saturated heterocycles. The number of hydrogen-bond donors (Lipinski definition) is 0. The van der Waals surface area contributed by atoms with Gasteiger partial charge in [0.05, 0.1) is 18.0 Å². The molecule has 0 N–H and O–H groups in total. The highest BCUT2D eigenvalue weighted by atomic mass is 16.6. The SMILES string of the molecule is CCCN(CCC)c1ccc(/N=C2/C(c3ccccc3C3CO3)=Nn3nc(C)nc32)c(C)n1. The second kappa shape index (κ2) is 8.86. The van der Waals surface area contributed by atoms with Crippen molar-refractivity contribution in [2.45, 2.75) is 46.6 Å². The fourth-order valence-electron chi connectivity index (χ4n) is 4.21. The van der Waals surface area contributed by atoms with Crippen LogP contribution in [0.2, 0.25) is 0 Å². The van der Waals surface area contributed by atoms with E-state index in [-0.39, 0.29) is 6.10 Å². The number of epoxide rings is 1. The van der Waals surface area contributed by atoms with Gasteiger partial charge in [-0.3, -0.25) is 0 Å². The van der Waals surface area contributed by atoms with Crippen LogP contribution in [0.15, 0.2) is 46.5 Å². The minimum atomic E-state index is 0.110. The van der Waals surface area contributed by atoms with Gasteiger partial charge in [0, 0.05) is 18.7 Å². The summed E-state index contributed by atoms with van der Waals surface area (Å²) in [6, 6.07) is 12.3. The Morgan fingerprint density at radius 2 is 1.82 bits per heavy atom. The number of anilines is 1. The van der Waals surface area contributed by atoms with Gasteiger partial charge in [0.2, 0.25) is 5.82 Å². The van der Waals surface area contributed by atoms with Crippen molar-refractivity contribution in [1.82, 2.24) is 19.9 Å². The monoisotopic (exact) mass is 443 g/mol. The third-order valence-electron chi connectivity index (χ3n) is 5.81. The second-order valence-electron chi connectivity index (χ2n) is 8.45. The first-order valence-corrected chi connectivity index (χ1v) is 11.6. The Hall–Kier alpha value is -3.39. The van der Waals surface area contributed by atoms with Gasteiger partial charge in [-0.25, -0.2) is 15.0 Å². The molecule has 0 bridgehead atoms. The summed E-state index contributed by atoms with van der Waals surface area (Å²) < 4.78 is 5.57. The number of aromatic nitrogens is 4. The van der Waals surface area contributed by atoms with Crippen LogP contribution in [0.25, 0.3) is 0 Å². The number of benzene rings is 1. The number of aliphatic imine (C=N–C) groups is 1. The summed E-state index contributed by atoms with van der Waals surface area (Å²) in [5.74, 6) is 2.31. The largest absolute Gasteiger partial charge is 0.368 e. The summed E-state index contributed by atoms with van der Waals surface area (Å²) in [6.07, 6.45) is 2.28. The van der Waals surface area contributed by atoms with Crippen LogP contribution in [-0.4, -0.2) is 51.0 Å². The fourth-order valence-corrected chi connectivity index (χ4v) is 4.21. The predicted octanol–water partition coefficient (Wildman–Crippen LogP) is 4.37. The molecule has 170 valence electrons. The third kappa shape index (κ3) is 4.18. The molecule has 4 heterocycles. The molecule has 1 aromatic carbocycles. The van der Waals surface area contributed by atoms with E-state index in [2.05, 4.69) is 47.0 Å². The zero-order valence-corrected chi connectivity index (χ0v) is 19.6. The van der Waals surface area contributed by atoms with E-state index in [0.717, 1.165) is 66.6 Å². The van der Waals surface area contributed by atoms with E-state index in [1.807, 2.05) is 32.0 Å². The zero-order chi connectivity index (χ0) is 22.9. The van der Waals surface area contributed by atoms with Gasteiger partial charge in [-0.1, -0.05) is 38.1 Å². The van der Waals surface area contributed by atoms with Crippen LogP contribution in [0, 0.1) is 13.8 Å². The Bertz CT molecular complexity index is 1230. The molecule has 8 heteroatoms. The average molecular weight is 444 g/mol. The fraction of sp³-hybridized carbons (Fsp3) is 0.400. The van der Waals surface area contributed by atoms with Gasteiger partial charge in [0.25, 0.3) is 0 Å². The molecule has 0 aliphatic carbocycles. The molecule has 0 spiro atoms. The van der Waals surface area contributed by atoms with E-state index in [0.29, 0.717) is 17.4 Å². The lowest BCUT2D eigenvalue weighted by Crippen LogP contribution is -2.25. The third-order valence-corrected chi connectivity index (χ3v) is 5.81. The minimum Gasteiger partial charge on any atom is -0.368 e. The molecular weight excluding hydrogens is 414 g/mol. The number of fused-ring (bicyclic) bond motifs is 1. The lowest BCUT2D eigenvalue weighted by Gasteiger charge is -2.23. The maximum absolute atomic E-state index is 5.57. The summed E-state index contributed by atoms with van der Waals surface area (Å²) in [7, 11) is 0. The minimum absolute atomic E-state index is 0.110. The Kier molecular flexibility index (Phi) is 5.76. The van der Waals surface area contributed by atoms with Gasteiger partial charge < -0.3 is 9.64 Å². The molecule has 2 aliphatic rings. The van der Waals surface area contributed by atoms with Gasteiger partial charge >= 0.3 is 0 Å². The zero-order valence-electron chi connectivity index (χ0n) is 19.6. The summed E-state index contributed by atoms with van der Waals surface area (Å²) in [5.41, 5.74) is 5.28. The highest BCUT2D eigenvalue weighted by Gasteiger charge is 2.34. The molecule has 2 aliphatic heterocycles. The quantitative estimate of drug-likeness (QED) is 0.483. The van der Waals surface area contributed by atoms with Crippen molar-refractivity contribution in [2.24, 2.45) is 10.1 Å². The Morgan fingerprint density at radius 1 is 1.06 bits per heavy atom. The molecule has 33 heavy (non-hydrogen) atoms. The van der Waals surface area contributed by atoms with Crippen LogP contribution >= 0.6 is 0 Å². The van der Waals surface area contributed by atoms with E-state index in [9.17, 15) is 0 Å². The smallest absolute Gasteiger partial charge is 0.204 e. The van der Waals surface area contributed by atoms with Crippen molar-refractivity contribution in [3.8, 4) is 0 Å². The number of rotatable bonds is 8. The molecule has 1 unspecified atom stereocenters. The van der Waals surface area contributed by atoms with Gasteiger partial charge in [-0.15, -0.1) is 15.0 Å². The number of ether oxygens (including phenoxy) is 1. The Morgan fingerprint density at radius 3 is 2.52 bits per heavy atom. The van der Waals surface area contributed by atoms with E-state index in [1.165, 1.54) is 0 Å². The molecule has 0 saturated carbocycles. The molecule has 0 amide bonds. The lowest BCUT2D eigenvalue weighted by molar-refractivity contribution is 0.415. The van der Waals surface area contributed by atoms with Crippen molar-refractivity contribution in [3.05, 3.63) is 64.9 Å². The molecule has 0 radical (unpaired) electrons. The number of nitrogens with zero attached hydrogens (tertiary/aromatic N) is 7. The topological polar surface area (TPSA) is 84.1 Å². The van der Waals surface area contributed by atoms with Gasteiger partial charge in [0.1, 0.15) is 23.3 Å². The van der Waals surface area contributed by atoms with Crippen LogP contribution in [0.4, 0.5) is 11.5 Å². The second-order valence-corrected chi connectivity index (χ2v) is 8.45. The molecular formula is C25H29N7O. The average Bonchev–Trinajstić information content (AvgIpc) is 3.52. The lowest BCUT2D eigenvalue weighted by atomic mass is 9.98. The van der Waals surface area contributed by atoms with Crippen LogP contribution in [0.1, 0.15) is 61.3 Å². The predicted molar refractivity (Wildman–Crippen MR) is 130 cm³/mol. The van der Waals surface area contributed by atoms with Crippen LogP contribution in [-0.2, 0) is 4.74 Å². The van der Waals surface area contributed by atoms with E-state index in [1.54, 1.807) is 4.79 Å². The number of aryl methyl sites for hydroxylation is 2. The van der Waals surface area contributed by atoms with Crippen molar-refractivity contribution in [1.29, 1.82) is 0 Å². The summed E-state index contributed by atoms with van der Waals surface area (Å²) in [5, 5.41) is 9.19.